The van der Waals surface area contributed by atoms with E-state index < -0.39 is 5.92 Å². The molecule has 0 spiro atoms. The molecular formula is C21H20BrClN2O2. The maximum atomic E-state index is 12.8. The minimum absolute atomic E-state index is 0.00987. The van der Waals surface area contributed by atoms with E-state index in [1.54, 1.807) is 4.90 Å². The zero-order valence-electron chi connectivity index (χ0n) is 14.8. The van der Waals surface area contributed by atoms with Crippen LogP contribution in [0.4, 0.5) is 5.69 Å². The van der Waals surface area contributed by atoms with Crippen LogP contribution in [0.15, 0.2) is 53.0 Å². The molecule has 1 saturated carbocycles. The van der Waals surface area contributed by atoms with Gasteiger partial charge in [-0.25, -0.2) is 0 Å². The monoisotopic (exact) mass is 446 g/mol. The minimum atomic E-state index is -0.613. The number of carbonyl (C=O) groups is 2. The van der Waals surface area contributed by atoms with Gasteiger partial charge in [-0.1, -0.05) is 35.9 Å². The van der Waals surface area contributed by atoms with Crippen molar-refractivity contribution in [1.82, 2.24) is 5.32 Å². The number of amides is 2. The molecule has 2 aromatic rings. The Morgan fingerprint density at radius 3 is 2.56 bits per heavy atom. The van der Waals surface area contributed by atoms with Gasteiger partial charge in [0.2, 0.25) is 11.8 Å². The largest absolute Gasteiger partial charge is 0.355 e. The Bertz CT molecular complexity index is 880. The molecule has 1 atom stereocenters. The highest BCUT2D eigenvalue weighted by Gasteiger charge is 2.45. The maximum Gasteiger partial charge on any atom is 0.239 e. The zero-order chi connectivity index (χ0) is 19.0. The molecular weight excluding hydrogens is 428 g/mol. The quantitative estimate of drug-likeness (QED) is 0.695. The first kappa shape index (κ1) is 18.5. The van der Waals surface area contributed by atoms with Gasteiger partial charge in [0, 0.05) is 28.0 Å². The van der Waals surface area contributed by atoms with E-state index in [0.717, 1.165) is 23.0 Å². The summed E-state index contributed by atoms with van der Waals surface area (Å²) in [5, 5.41) is 3.74. The number of carbonyl (C=O) groups excluding carboxylic acids is 2. The molecule has 2 aromatic carbocycles. The summed E-state index contributed by atoms with van der Waals surface area (Å²) in [6, 6.07) is 15.4. The lowest BCUT2D eigenvalue weighted by Crippen LogP contribution is -2.40. The van der Waals surface area contributed by atoms with Crippen molar-refractivity contribution in [1.29, 1.82) is 0 Å². The molecule has 2 amide bonds. The Labute approximate surface area is 172 Å². The topological polar surface area (TPSA) is 49.4 Å². The first-order valence-corrected chi connectivity index (χ1v) is 10.3. The van der Waals surface area contributed by atoms with Crippen LogP contribution < -0.4 is 10.2 Å². The Morgan fingerprint density at radius 1 is 1.19 bits per heavy atom. The number of anilines is 1. The molecule has 4 nitrogen and oxygen atoms in total. The molecule has 27 heavy (non-hydrogen) atoms. The number of nitrogens with one attached hydrogen (secondary N) is 1. The number of nitrogens with zero attached hydrogens (tertiary/aromatic N) is 1. The van der Waals surface area contributed by atoms with Gasteiger partial charge < -0.3 is 10.2 Å². The van der Waals surface area contributed by atoms with E-state index >= 15 is 0 Å². The van der Waals surface area contributed by atoms with E-state index in [0.29, 0.717) is 24.5 Å². The SMILES string of the molecule is O=C(NCC1(c2ccc(Cl)cc2)CC1)C1CCN(c2ccccc2Br)C1=O. The number of hydrogen-bond acceptors (Lipinski definition) is 2. The third-order valence-corrected chi connectivity index (χ3v) is 6.50. The molecule has 0 aromatic heterocycles. The van der Waals surface area contributed by atoms with E-state index in [4.69, 9.17) is 11.6 Å². The second kappa shape index (κ2) is 7.28. The van der Waals surface area contributed by atoms with Gasteiger partial charge in [0.05, 0.1) is 5.69 Å². The van der Waals surface area contributed by atoms with Crippen molar-refractivity contribution in [2.45, 2.75) is 24.7 Å². The van der Waals surface area contributed by atoms with Gasteiger partial charge in [-0.2, -0.15) is 0 Å². The minimum Gasteiger partial charge on any atom is -0.355 e. The van der Waals surface area contributed by atoms with Gasteiger partial charge in [0.1, 0.15) is 5.92 Å². The van der Waals surface area contributed by atoms with Crippen LogP contribution in [0.3, 0.4) is 0 Å². The molecule has 4 rings (SSSR count). The standard InChI is InChI=1S/C21H20BrClN2O2/c22-17-3-1-2-4-18(17)25-12-9-16(20(25)27)19(26)24-13-21(10-11-21)14-5-7-15(23)8-6-14/h1-8,16H,9-13H2,(H,24,26). The number of rotatable bonds is 5. The molecule has 2 fully saturated rings. The van der Waals surface area contributed by atoms with Crippen molar-refractivity contribution >= 4 is 45.0 Å². The third-order valence-electron chi connectivity index (χ3n) is 5.58. The number of hydrogen-bond donors (Lipinski definition) is 1. The number of para-hydroxylation sites is 1. The average Bonchev–Trinajstić information content (AvgIpc) is 3.37. The lowest BCUT2D eigenvalue weighted by Gasteiger charge is -2.20. The van der Waals surface area contributed by atoms with Gasteiger partial charge in [-0.05, 0) is 65.0 Å². The molecule has 6 heteroatoms. The van der Waals surface area contributed by atoms with Crippen molar-refractivity contribution in [2.75, 3.05) is 18.0 Å². The highest BCUT2D eigenvalue weighted by atomic mass is 79.9. The van der Waals surface area contributed by atoms with Gasteiger partial charge in [0.15, 0.2) is 0 Å². The Balaban J connectivity index is 1.40. The lowest BCUT2D eigenvalue weighted by atomic mass is 9.95. The molecule has 0 radical (unpaired) electrons. The summed E-state index contributed by atoms with van der Waals surface area (Å²) in [6.45, 7) is 1.12. The van der Waals surface area contributed by atoms with Crippen LogP contribution in [0.2, 0.25) is 5.02 Å². The summed E-state index contributed by atoms with van der Waals surface area (Å²) in [4.78, 5) is 27.2. The van der Waals surface area contributed by atoms with Crippen LogP contribution in [0, 0.1) is 5.92 Å². The van der Waals surface area contributed by atoms with Crippen LogP contribution >= 0.6 is 27.5 Å². The van der Waals surface area contributed by atoms with Crippen LogP contribution in [0.1, 0.15) is 24.8 Å². The Hall–Kier alpha value is -1.85. The smallest absolute Gasteiger partial charge is 0.239 e. The fourth-order valence-corrected chi connectivity index (χ4v) is 4.36. The van der Waals surface area contributed by atoms with Crippen molar-refractivity contribution < 1.29 is 9.59 Å². The molecule has 1 heterocycles. The summed E-state index contributed by atoms with van der Waals surface area (Å²) in [5.74, 6) is -0.913. The molecule has 1 unspecified atom stereocenters. The van der Waals surface area contributed by atoms with Crippen LogP contribution in [0.5, 0.6) is 0 Å². The Kier molecular flexibility index (Phi) is 4.99. The van der Waals surface area contributed by atoms with Gasteiger partial charge in [0.25, 0.3) is 0 Å². The number of benzene rings is 2. The van der Waals surface area contributed by atoms with Crippen LogP contribution in [-0.4, -0.2) is 24.9 Å². The summed E-state index contributed by atoms with van der Waals surface area (Å²) < 4.78 is 0.860. The zero-order valence-corrected chi connectivity index (χ0v) is 17.1. The van der Waals surface area contributed by atoms with Crippen LogP contribution in [0.25, 0.3) is 0 Å². The predicted octanol–water partition coefficient (Wildman–Crippen LogP) is 4.30. The van der Waals surface area contributed by atoms with Crippen molar-refractivity contribution in [3.63, 3.8) is 0 Å². The molecule has 1 saturated heterocycles. The normalized spacial score (nSPS) is 20.6. The highest BCUT2D eigenvalue weighted by Crippen LogP contribution is 2.47. The second-order valence-corrected chi connectivity index (χ2v) is 8.58. The van der Waals surface area contributed by atoms with E-state index in [2.05, 4.69) is 21.2 Å². The summed E-state index contributed by atoms with van der Waals surface area (Å²) in [7, 11) is 0. The van der Waals surface area contributed by atoms with Gasteiger partial charge in [-0.15, -0.1) is 0 Å². The lowest BCUT2D eigenvalue weighted by molar-refractivity contribution is -0.132. The summed E-state index contributed by atoms with van der Waals surface area (Å²) in [5.41, 5.74) is 2.00. The van der Waals surface area contributed by atoms with E-state index in [9.17, 15) is 9.59 Å². The molecule has 1 aliphatic carbocycles. The fourth-order valence-electron chi connectivity index (χ4n) is 3.73. The Morgan fingerprint density at radius 2 is 1.89 bits per heavy atom. The predicted molar refractivity (Wildman–Crippen MR) is 110 cm³/mol. The highest BCUT2D eigenvalue weighted by molar-refractivity contribution is 9.10. The average molecular weight is 448 g/mol. The van der Waals surface area contributed by atoms with E-state index in [1.165, 1.54) is 5.56 Å². The molecule has 0 bridgehead atoms. The molecule has 140 valence electrons. The summed E-state index contributed by atoms with van der Waals surface area (Å²) >= 11 is 9.45. The van der Waals surface area contributed by atoms with E-state index in [-0.39, 0.29) is 17.2 Å². The van der Waals surface area contributed by atoms with Gasteiger partial charge >= 0.3 is 0 Å². The fraction of sp³-hybridized carbons (Fsp3) is 0.333. The van der Waals surface area contributed by atoms with Crippen molar-refractivity contribution in [3.8, 4) is 0 Å². The first-order valence-electron chi connectivity index (χ1n) is 9.10. The third kappa shape index (κ3) is 3.63. The maximum absolute atomic E-state index is 12.8. The molecule has 1 aliphatic heterocycles. The van der Waals surface area contributed by atoms with Crippen molar-refractivity contribution in [2.24, 2.45) is 5.92 Å². The van der Waals surface area contributed by atoms with Crippen molar-refractivity contribution in [3.05, 3.63) is 63.6 Å². The summed E-state index contributed by atoms with van der Waals surface area (Å²) in [6.07, 6.45) is 2.62. The van der Waals surface area contributed by atoms with Crippen LogP contribution in [-0.2, 0) is 15.0 Å². The molecule has 1 N–H and O–H groups in total. The second-order valence-electron chi connectivity index (χ2n) is 7.29. The molecule has 2 aliphatic rings. The van der Waals surface area contributed by atoms with E-state index in [1.807, 2.05) is 48.5 Å². The number of halogens is 2. The first-order chi connectivity index (χ1) is 13.0. The van der Waals surface area contributed by atoms with Gasteiger partial charge in [-0.3, -0.25) is 9.59 Å².